The van der Waals surface area contributed by atoms with Crippen LogP contribution in [0.3, 0.4) is 0 Å². The fraction of sp³-hybridized carbons (Fsp3) is 0.435. The highest BCUT2D eigenvalue weighted by atomic mass is 35.5. The van der Waals surface area contributed by atoms with Gasteiger partial charge in [-0.2, -0.15) is 13.1 Å². The third-order valence-electron chi connectivity index (χ3n) is 6.77. The number of aromatic nitrogens is 1. The SMILES string of the molecule is COC(=O)C1=C(CN2[C@@H]3COC[C@H]2CC(NS(N)(=O)=O)C3)NC(c2nccs2)=N[C@H]1c1ccc(F)cc1Cl. The number of methoxy groups -OCH3 is 1. The van der Waals surface area contributed by atoms with E-state index >= 15 is 0 Å². The summed E-state index contributed by atoms with van der Waals surface area (Å²) in [6.45, 7) is 1.08. The largest absolute Gasteiger partial charge is 0.466 e. The van der Waals surface area contributed by atoms with E-state index in [1.807, 2.05) is 5.38 Å². The Morgan fingerprint density at radius 1 is 1.37 bits per heavy atom. The standard InChI is InChI=1S/C23H26ClFN6O5S2/c1-35-23(32)19-18(9-31-14-7-13(30-38(26,33)34)8-15(31)11-36-10-14)28-21(22-27-4-5-37-22)29-20(19)16-3-2-12(25)6-17(16)24/h2-6,13-15,20,30H,7-11H2,1H3,(H,28,29)(H2,26,33,34)/t13?,14-,15+,20-/m0/s1. The molecule has 5 rings (SSSR count). The van der Waals surface area contributed by atoms with Crippen LogP contribution in [0.4, 0.5) is 4.39 Å². The van der Waals surface area contributed by atoms with Crippen LogP contribution in [0.15, 0.2) is 46.0 Å². The van der Waals surface area contributed by atoms with Gasteiger partial charge >= 0.3 is 5.97 Å². The highest BCUT2D eigenvalue weighted by Crippen LogP contribution is 2.38. The zero-order valence-electron chi connectivity index (χ0n) is 20.3. The van der Waals surface area contributed by atoms with Crippen molar-refractivity contribution in [3.8, 4) is 0 Å². The summed E-state index contributed by atoms with van der Waals surface area (Å²) in [4.78, 5) is 24.5. The first-order valence-electron chi connectivity index (χ1n) is 11.8. The molecule has 0 saturated carbocycles. The van der Waals surface area contributed by atoms with Gasteiger partial charge in [0, 0.05) is 52.5 Å². The van der Waals surface area contributed by atoms with E-state index in [0.29, 0.717) is 54.7 Å². The van der Waals surface area contributed by atoms with E-state index in [2.05, 4.69) is 19.9 Å². The maximum atomic E-state index is 13.9. The molecule has 0 aliphatic carbocycles. The van der Waals surface area contributed by atoms with Crippen LogP contribution in [0.25, 0.3) is 0 Å². The molecule has 4 N–H and O–H groups in total. The van der Waals surface area contributed by atoms with Crippen molar-refractivity contribution in [1.82, 2.24) is 19.9 Å². The molecule has 1 unspecified atom stereocenters. The van der Waals surface area contributed by atoms with E-state index in [4.69, 9.17) is 31.2 Å². The summed E-state index contributed by atoms with van der Waals surface area (Å²) in [5, 5.41) is 11.0. The van der Waals surface area contributed by atoms with Crippen molar-refractivity contribution < 1.29 is 27.1 Å². The normalized spacial score (nSPS) is 26.1. The van der Waals surface area contributed by atoms with Crippen molar-refractivity contribution in [2.75, 3.05) is 26.9 Å². The minimum Gasteiger partial charge on any atom is -0.466 e. The highest BCUT2D eigenvalue weighted by Gasteiger charge is 2.42. The van der Waals surface area contributed by atoms with E-state index in [1.165, 1.54) is 36.6 Å². The summed E-state index contributed by atoms with van der Waals surface area (Å²) >= 11 is 7.80. The molecule has 2 fully saturated rings. The number of hydrogen-bond donors (Lipinski definition) is 3. The second-order valence-electron chi connectivity index (χ2n) is 9.24. The maximum Gasteiger partial charge on any atom is 0.338 e. The summed E-state index contributed by atoms with van der Waals surface area (Å²) in [5.41, 5.74) is 1.23. The van der Waals surface area contributed by atoms with Gasteiger partial charge in [0.05, 0.1) is 25.9 Å². The number of halogens is 2. The molecular weight excluding hydrogens is 559 g/mol. The van der Waals surface area contributed by atoms with E-state index in [1.54, 1.807) is 6.20 Å². The molecule has 4 heterocycles. The monoisotopic (exact) mass is 584 g/mol. The first-order valence-corrected chi connectivity index (χ1v) is 14.6. The van der Waals surface area contributed by atoms with Crippen LogP contribution in [-0.4, -0.2) is 75.1 Å². The number of piperidine rings is 1. The first kappa shape index (κ1) is 27.1. The molecule has 0 radical (unpaired) electrons. The Bertz CT molecular complexity index is 1370. The Morgan fingerprint density at radius 3 is 2.71 bits per heavy atom. The number of aliphatic imine (C=N–C) groups is 1. The smallest absolute Gasteiger partial charge is 0.338 e. The van der Waals surface area contributed by atoms with Gasteiger partial charge in [-0.3, -0.25) is 9.89 Å². The van der Waals surface area contributed by atoms with Gasteiger partial charge in [-0.25, -0.2) is 19.3 Å². The fourth-order valence-corrected chi connectivity index (χ4v) is 6.74. The van der Waals surface area contributed by atoms with Crippen molar-refractivity contribution in [2.24, 2.45) is 10.1 Å². The lowest BCUT2D eigenvalue weighted by molar-refractivity contribution is -0.136. The number of rotatable bonds is 7. The lowest BCUT2D eigenvalue weighted by Crippen LogP contribution is -2.62. The molecular formula is C23H26ClFN6O5S2. The number of nitrogens with one attached hydrogen (secondary N) is 2. The number of esters is 1. The molecule has 0 spiro atoms. The molecule has 0 amide bonds. The van der Waals surface area contributed by atoms with Crippen LogP contribution in [0, 0.1) is 5.82 Å². The highest BCUT2D eigenvalue weighted by molar-refractivity contribution is 7.87. The van der Waals surface area contributed by atoms with Crippen molar-refractivity contribution in [3.05, 3.63) is 62.5 Å². The Morgan fingerprint density at radius 2 is 2.11 bits per heavy atom. The number of nitrogens with two attached hydrogens (primary N) is 1. The topological polar surface area (TPSA) is 148 Å². The molecule has 2 bridgehead atoms. The van der Waals surface area contributed by atoms with E-state index in [0.717, 1.165) is 0 Å². The number of morpholine rings is 1. The molecule has 11 nitrogen and oxygen atoms in total. The molecule has 15 heteroatoms. The van der Waals surface area contributed by atoms with Gasteiger partial charge in [-0.15, -0.1) is 11.3 Å². The number of amidine groups is 1. The minimum absolute atomic E-state index is 0.125. The number of hydrogen-bond acceptors (Lipinski definition) is 10. The number of ether oxygens (including phenoxy) is 2. The number of carbonyl (C=O) groups excluding carboxylic acids is 1. The van der Waals surface area contributed by atoms with Gasteiger partial charge < -0.3 is 14.8 Å². The molecule has 2 saturated heterocycles. The molecule has 4 atom stereocenters. The van der Waals surface area contributed by atoms with Gasteiger partial charge in [0.2, 0.25) is 0 Å². The Balaban J connectivity index is 1.54. The van der Waals surface area contributed by atoms with Crippen molar-refractivity contribution in [3.63, 3.8) is 0 Å². The molecule has 38 heavy (non-hydrogen) atoms. The minimum atomic E-state index is -3.85. The average molecular weight is 585 g/mol. The summed E-state index contributed by atoms with van der Waals surface area (Å²) in [5.74, 6) is -0.670. The van der Waals surface area contributed by atoms with Crippen LogP contribution in [0.2, 0.25) is 5.02 Å². The van der Waals surface area contributed by atoms with Gasteiger partial charge in [0.25, 0.3) is 10.2 Å². The first-order chi connectivity index (χ1) is 18.1. The predicted octanol–water partition coefficient (Wildman–Crippen LogP) is 1.48. The molecule has 1 aromatic carbocycles. The van der Waals surface area contributed by atoms with Gasteiger partial charge in [-0.1, -0.05) is 17.7 Å². The van der Waals surface area contributed by atoms with Crippen LogP contribution < -0.4 is 15.2 Å². The second kappa shape index (κ2) is 11.0. The van der Waals surface area contributed by atoms with Crippen molar-refractivity contribution in [1.29, 1.82) is 0 Å². The number of benzene rings is 1. The lowest BCUT2D eigenvalue weighted by Gasteiger charge is -2.49. The number of carbonyl (C=O) groups is 1. The van der Waals surface area contributed by atoms with Crippen molar-refractivity contribution in [2.45, 2.75) is 37.0 Å². The van der Waals surface area contributed by atoms with Crippen LogP contribution >= 0.6 is 22.9 Å². The Labute approximate surface area is 228 Å². The quantitative estimate of drug-likeness (QED) is 0.415. The van der Waals surface area contributed by atoms with Crippen LogP contribution in [0.1, 0.15) is 29.5 Å². The van der Waals surface area contributed by atoms with Crippen molar-refractivity contribution >= 4 is 45.0 Å². The lowest BCUT2D eigenvalue weighted by atomic mass is 9.89. The van der Waals surface area contributed by atoms with Gasteiger partial charge in [-0.05, 0) is 25.0 Å². The Hall–Kier alpha value is -2.46. The average Bonchev–Trinajstić information content (AvgIpc) is 3.38. The fourth-order valence-electron chi connectivity index (χ4n) is 5.23. The summed E-state index contributed by atoms with van der Waals surface area (Å²) in [7, 11) is -2.57. The molecule has 3 aliphatic rings. The zero-order chi connectivity index (χ0) is 27.0. The summed E-state index contributed by atoms with van der Waals surface area (Å²) < 4.78 is 50.6. The molecule has 2 aromatic rings. The predicted molar refractivity (Wildman–Crippen MR) is 139 cm³/mol. The third kappa shape index (κ3) is 5.76. The summed E-state index contributed by atoms with van der Waals surface area (Å²) in [6.07, 6.45) is 2.61. The number of thiazole rings is 1. The van der Waals surface area contributed by atoms with Gasteiger partial charge in [0.1, 0.15) is 11.9 Å². The summed E-state index contributed by atoms with van der Waals surface area (Å²) in [6, 6.07) is 2.48. The molecule has 3 aliphatic heterocycles. The van der Waals surface area contributed by atoms with E-state index in [-0.39, 0.29) is 28.7 Å². The van der Waals surface area contributed by atoms with Crippen LogP contribution in [-0.2, 0) is 24.5 Å². The number of nitrogens with zero attached hydrogens (tertiary/aromatic N) is 3. The maximum absolute atomic E-state index is 13.9. The van der Waals surface area contributed by atoms with E-state index < -0.39 is 28.0 Å². The van der Waals surface area contributed by atoms with Gasteiger partial charge in [0.15, 0.2) is 10.8 Å². The number of fused-ring (bicyclic) bond motifs is 2. The van der Waals surface area contributed by atoms with Crippen LogP contribution in [0.5, 0.6) is 0 Å². The second-order valence-corrected chi connectivity index (χ2v) is 11.9. The third-order valence-corrected chi connectivity index (χ3v) is 8.54. The van der Waals surface area contributed by atoms with E-state index in [9.17, 15) is 17.6 Å². The molecule has 1 aromatic heterocycles. The Kier molecular flexibility index (Phi) is 7.82. The molecule has 204 valence electrons. The zero-order valence-corrected chi connectivity index (χ0v) is 22.7.